The molecule has 0 saturated carbocycles. The van der Waals surface area contributed by atoms with E-state index in [1.165, 1.54) is 12.1 Å². The highest BCUT2D eigenvalue weighted by Gasteiger charge is 2.27. The summed E-state index contributed by atoms with van der Waals surface area (Å²) in [5.74, 6) is -0.736. The number of carbonyl (C=O) groups excluding carboxylic acids is 2. The maximum atomic E-state index is 13.6. The Hall–Kier alpha value is -3.07. The van der Waals surface area contributed by atoms with Crippen molar-refractivity contribution in [3.63, 3.8) is 0 Å². The second-order valence-electron chi connectivity index (χ2n) is 9.29. The van der Waals surface area contributed by atoms with Gasteiger partial charge in [-0.05, 0) is 60.0 Å². The van der Waals surface area contributed by atoms with Crippen LogP contribution in [0.5, 0.6) is 0 Å². The van der Waals surface area contributed by atoms with Gasteiger partial charge in [-0.3, -0.25) is 9.59 Å². The Morgan fingerprint density at radius 1 is 1.00 bits per heavy atom. The fraction of sp³-hybridized carbons (Fsp3) is 0.379. The predicted molar refractivity (Wildman–Crippen MR) is 141 cm³/mol. The summed E-state index contributed by atoms with van der Waals surface area (Å²) in [5, 5.41) is 2.00. The molecule has 3 aromatic rings. The molecule has 1 atom stereocenters. The number of thiophene rings is 1. The molecule has 8 heteroatoms. The van der Waals surface area contributed by atoms with Crippen molar-refractivity contribution in [2.45, 2.75) is 45.6 Å². The van der Waals surface area contributed by atoms with Crippen LogP contribution >= 0.6 is 11.3 Å². The van der Waals surface area contributed by atoms with Crippen molar-refractivity contribution in [1.82, 2.24) is 9.80 Å². The van der Waals surface area contributed by atoms with E-state index >= 15 is 0 Å². The molecule has 1 aliphatic rings. The Labute approximate surface area is 221 Å². The highest BCUT2D eigenvalue weighted by molar-refractivity contribution is 7.10. The van der Waals surface area contributed by atoms with E-state index in [9.17, 15) is 14.0 Å². The zero-order valence-corrected chi connectivity index (χ0v) is 21.9. The SMILES string of the molecule is Cc1ccsc1CN(Cc1ccc(F)cc1)C(=O)CN(CC1CCCO1)C(=O)COCc1ccccc1. The normalized spacial score (nSPS) is 15.0. The third-order valence-electron chi connectivity index (χ3n) is 6.41. The van der Waals surface area contributed by atoms with Crippen molar-refractivity contribution < 1.29 is 23.5 Å². The summed E-state index contributed by atoms with van der Waals surface area (Å²) in [6, 6.07) is 17.8. The number of carbonyl (C=O) groups is 2. The van der Waals surface area contributed by atoms with E-state index in [-0.39, 0.29) is 36.9 Å². The molecule has 0 N–H and O–H groups in total. The topological polar surface area (TPSA) is 59.1 Å². The molecule has 0 bridgehead atoms. The summed E-state index contributed by atoms with van der Waals surface area (Å²) in [4.78, 5) is 31.2. The lowest BCUT2D eigenvalue weighted by Crippen LogP contribution is -2.46. The zero-order valence-electron chi connectivity index (χ0n) is 21.1. The number of aryl methyl sites for hydroxylation is 1. The van der Waals surface area contributed by atoms with Crippen molar-refractivity contribution in [1.29, 1.82) is 0 Å². The van der Waals surface area contributed by atoms with Crippen molar-refractivity contribution in [3.05, 3.63) is 93.4 Å². The van der Waals surface area contributed by atoms with Crippen LogP contribution in [-0.4, -0.2) is 54.0 Å². The largest absolute Gasteiger partial charge is 0.376 e. The number of amides is 2. The number of nitrogens with zero attached hydrogens (tertiary/aromatic N) is 2. The van der Waals surface area contributed by atoms with Crippen LogP contribution in [0.1, 0.15) is 34.4 Å². The molecule has 2 heterocycles. The number of benzene rings is 2. The Morgan fingerprint density at radius 2 is 1.78 bits per heavy atom. The number of hydrogen-bond donors (Lipinski definition) is 0. The minimum Gasteiger partial charge on any atom is -0.376 e. The van der Waals surface area contributed by atoms with Crippen LogP contribution in [0, 0.1) is 12.7 Å². The molecular weight excluding hydrogens is 491 g/mol. The van der Waals surface area contributed by atoms with E-state index in [0.29, 0.717) is 32.8 Å². The number of ether oxygens (including phenoxy) is 2. The van der Waals surface area contributed by atoms with Crippen LogP contribution in [0.4, 0.5) is 4.39 Å². The molecule has 2 amide bonds. The van der Waals surface area contributed by atoms with Gasteiger partial charge in [-0.1, -0.05) is 42.5 Å². The lowest BCUT2D eigenvalue weighted by Gasteiger charge is -2.29. The van der Waals surface area contributed by atoms with E-state index < -0.39 is 0 Å². The second kappa shape index (κ2) is 13.5. The minimum absolute atomic E-state index is 0.0704. The molecule has 1 aromatic heterocycles. The fourth-order valence-electron chi connectivity index (χ4n) is 4.26. The molecule has 1 aliphatic heterocycles. The van der Waals surface area contributed by atoms with Gasteiger partial charge in [-0.2, -0.15) is 0 Å². The van der Waals surface area contributed by atoms with Gasteiger partial charge >= 0.3 is 0 Å². The molecule has 37 heavy (non-hydrogen) atoms. The summed E-state index contributed by atoms with van der Waals surface area (Å²) >= 11 is 1.59. The average Bonchev–Trinajstić information content (AvgIpc) is 3.56. The van der Waals surface area contributed by atoms with Gasteiger partial charge in [0.25, 0.3) is 0 Å². The molecule has 2 aromatic carbocycles. The lowest BCUT2D eigenvalue weighted by molar-refractivity contribution is -0.145. The first-order chi connectivity index (χ1) is 18.0. The van der Waals surface area contributed by atoms with Gasteiger partial charge in [-0.25, -0.2) is 4.39 Å². The average molecular weight is 525 g/mol. The molecule has 1 saturated heterocycles. The van der Waals surface area contributed by atoms with E-state index in [1.54, 1.807) is 33.3 Å². The molecule has 0 radical (unpaired) electrons. The van der Waals surface area contributed by atoms with Gasteiger partial charge < -0.3 is 19.3 Å². The Bertz CT molecular complexity index is 1150. The smallest absolute Gasteiger partial charge is 0.249 e. The van der Waals surface area contributed by atoms with Gasteiger partial charge in [0.05, 0.1) is 25.8 Å². The Balaban J connectivity index is 1.45. The number of hydrogen-bond acceptors (Lipinski definition) is 5. The minimum atomic E-state index is -0.320. The predicted octanol–water partition coefficient (Wildman–Crippen LogP) is 4.95. The summed E-state index contributed by atoms with van der Waals surface area (Å²) < 4.78 is 24.9. The maximum absolute atomic E-state index is 13.6. The lowest BCUT2D eigenvalue weighted by atomic mass is 10.2. The first-order valence-corrected chi connectivity index (χ1v) is 13.4. The molecule has 6 nitrogen and oxygen atoms in total. The van der Waals surface area contributed by atoms with Crippen LogP contribution < -0.4 is 0 Å². The summed E-state index contributed by atoms with van der Waals surface area (Å²) in [6.07, 6.45) is 1.71. The molecule has 4 rings (SSSR count). The van der Waals surface area contributed by atoms with E-state index in [4.69, 9.17) is 9.47 Å². The van der Waals surface area contributed by atoms with Crippen LogP contribution in [0.15, 0.2) is 66.0 Å². The quantitative estimate of drug-likeness (QED) is 0.337. The van der Waals surface area contributed by atoms with Crippen LogP contribution in [0.25, 0.3) is 0 Å². The van der Waals surface area contributed by atoms with Crippen LogP contribution in [-0.2, 0) is 38.8 Å². The molecular formula is C29H33FN2O4S. The van der Waals surface area contributed by atoms with Crippen molar-refractivity contribution in [3.8, 4) is 0 Å². The first-order valence-electron chi connectivity index (χ1n) is 12.5. The summed E-state index contributed by atoms with van der Waals surface area (Å²) in [5.41, 5.74) is 2.92. The molecule has 196 valence electrons. The Morgan fingerprint density at radius 3 is 2.46 bits per heavy atom. The summed E-state index contributed by atoms with van der Waals surface area (Å²) in [7, 11) is 0. The third-order valence-corrected chi connectivity index (χ3v) is 7.41. The third kappa shape index (κ3) is 8.21. The first kappa shape index (κ1) is 27.0. The number of halogens is 1. The standard InChI is InChI=1S/C29H33FN2O4S/c1-22-13-15-37-27(22)18-31(16-23-9-11-25(30)12-10-23)28(33)19-32(17-26-8-5-14-36-26)29(34)21-35-20-24-6-3-2-4-7-24/h2-4,6-7,9-13,15,26H,5,8,14,16-21H2,1H3. The van der Waals surface area contributed by atoms with E-state index in [0.717, 1.165) is 34.4 Å². The highest BCUT2D eigenvalue weighted by Crippen LogP contribution is 2.20. The van der Waals surface area contributed by atoms with E-state index in [1.807, 2.05) is 48.7 Å². The molecule has 0 aliphatic carbocycles. The van der Waals surface area contributed by atoms with Crippen LogP contribution in [0.3, 0.4) is 0 Å². The number of rotatable bonds is 12. The summed E-state index contributed by atoms with van der Waals surface area (Å²) in [6.45, 7) is 3.92. The van der Waals surface area contributed by atoms with Gasteiger partial charge in [0.1, 0.15) is 12.4 Å². The van der Waals surface area contributed by atoms with Crippen molar-refractivity contribution >= 4 is 23.2 Å². The van der Waals surface area contributed by atoms with Crippen molar-refractivity contribution in [2.24, 2.45) is 0 Å². The van der Waals surface area contributed by atoms with E-state index in [2.05, 4.69) is 0 Å². The van der Waals surface area contributed by atoms with Gasteiger partial charge in [0.2, 0.25) is 11.8 Å². The molecule has 1 fully saturated rings. The second-order valence-corrected chi connectivity index (χ2v) is 10.3. The Kier molecular flexibility index (Phi) is 9.82. The van der Waals surface area contributed by atoms with Gasteiger partial charge in [0.15, 0.2) is 0 Å². The van der Waals surface area contributed by atoms with Crippen LogP contribution in [0.2, 0.25) is 0 Å². The molecule has 1 unspecified atom stereocenters. The van der Waals surface area contributed by atoms with Gasteiger partial charge in [0, 0.05) is 24.6 Å². The fourth-order valence-corrected chi connectivity index (χ4v) is 5.18. The molecule has 0 spiro atoms. The van der Waals surface area contributed by atoms with Crippen molar-refractivity contribution in [2.75, 3.05) is 26.3 Å². The highest BCUT2D eigenvalue weighted by atomic mass is 32.1. The maximum Gasteiger partial charge on any atom is 0.249 e. The zero-order chi connectivity index (χ0) is 26.0. The van der Waals surface area contributed by atoms with Gasteiger partial charge in [-0.15, -0.1) is 11.3 Å². The monoisotopic (exact) mass is 524 g/mol.